The number of allylic oxidation sites excluding steroid dienone is 1. The maximum Gasteiger partial charge on any atom is 0.138 e. The lowest BCUT2D eigenvalue weighted by Crippen LogP contribution is -2.09. The number of benzene rings is 1. The summed E-state index contributed by atoms with van der Waals surface area (Å²) in [6.45, 7) is 3.95. The van der Waals surface area contributed by atoms with Crippen LogP contribution in [-0.2, 0) is 6.42 Å². The van der Waals surface area contributed by atoms with Crippen molar-refractivity contribution in [2.75, 3.05) is 5.32 Å². The second-order valence-electron chi connectivity index (χ2n) is 3.58. The standard InChI is InChI=1S/C12H10N2/c1-8-7-10-4-2-3-9-5-6-13-12(14-8)11(9)10/h2-6H,1,7H2,(H,13,14). The lowest BCUT2D eigenvalue weighted by atomic mass is 9.99. The highest BCUT2D eigenvalue weighted by atomic mass is 15.0. The summed E-state index contributed by atoms with van der Waals surface area (Å²) in [5.74, 6) is 0.939. The molecule has 0 aliphatic carbocycles. The maximum absolute atomic E-state index is 4.32. The van der Waals surface area contributed by atoms with Crippen molar-refractivity contribution < 1.29 is 0 Å². The van der Waals surface area contributed by atoms with E-state index in [1.165, 1.54) is 16.3 Å². The topological polar surface area (TPSA) is 24.9 Å². The van der Waals surface area contributed by atoms with Crippen molar-refractivity contribution >= 4 is 16.6 Å². The quantitative estimate of drug-likeness (QED) is 0.677. The number of nitrogens with zero attached hydrogens (tertiary/aromatic N) is 1. The molecule has 1 aliphatic heterocycles. The van der Waals surface area contributed by atoms with Gasteiger partial charge in [-0.25, -0.2) is 4.98 Å². The van der Waals surface area contributed by atoms with Crippen LogP contribution >= 0.6 is 0 Å². The van der Waals surface area contributed by atoms with Crippen LogP contribution in [-0.4, -0.2) is 4.98 Å². The zero-order valence-corrected chi connectivity index (χ0v) is 7.75. The molecule has 1 aromatic carbocycles. The minimum absolute atomic E-state index is 0.899. The summed E-state index contributed by atoms with van der Waals surface area (Å²) in [6, 6.07) is 8.37. The van der Waals surface area contributed by atoms with E-state index in [1.807, 2.05) is 12.3 Å². The van der Waals surface area contributed by atoms with Gasteiger partial charge >= 0.3 is 0 Å². The van der Waals surface area contributed by atoms with Crippen molar-refractivity contribution in [3.63, 3.8) is 0 Å². The lowest BCUT2D eigenvalue weighted by Gasteiger charge is -2.19. The molecule has 0 saturated heterocycles. The summed E-state index contributed by atoms with van der Waals surface area (Å²) in [5.41, 5.74) is 2.33. The van der Waals surface area contributed by atoms with E-state index in [0.29, 0.717) is 0 Å². The predicted molar refractivity (Wildman–Crippen MR) is 58.2 cm³/mol. The first-order chi connectivity index (χ1) is 6.84. The molecule has 68 valence electrons. The Hall–Kier alpha value is -1.83. The molecule has 0 fully saturated rings. The van der Waals surface area contributed by atoms with Crippen molar-refractivity contribution in [3.8, 4) is 0 Å². The third-order valence-corrected chi connectivity index (χ3v) is 2.58. The number of pyridine rings is 1. The zero-order chi connectivity index (χ0) is 9.54. The number of hydrogen-bond acceptors (Lipinski definition) is 2. The minimum Gasteiger partial charge on any atom is -0.344 e. The molecule has 2 aromatic rings. The Balaban J connectivity index is 2.45. The van der Waals surface area contributed by atoms with Crippen LogP contribution in [0.2, 0.25) is 0 Å². The fourth-order valence-corrected chi connectivity index (χ4v) is 1.99. The molecule has 0 amide bonds. The van der Waals surface area contributed by atoms with Gasteiger partial charge in [0.2, 0.25) is 0 Å². The molecule has 2 nitrogen and oxygen atoms in total. The fourth-order valence-electron chi connectivity index (χ4n) is 1.99. The van der Waals surface area contributed by atoms with E-state index in [9.17, 15) is 0 Å². The third kappa shape index (κ3) is 0.940. The van der Waals surface area contributed by atoms with Gasteiger partial charge in [0, 0.05) is 23.7 Å². The molecule has 0 unspecified atom stereocenters. The molecular formula is C12H10N2. The van der Waals surface area contributed by atoms with Gasteiger partial charge in [-0.15, -0.1) is 0 Å². The van der Waals surface area contributed by atoms with Crippen LogP contribution in [0.5, 0.6) is 0 Å². The molecule has 2 heteroatoms. The molecule has 1 aromatic heterocycles. The maximum atomic E-state index is 4.32. The second-order valence-corrected chi connectivity index (χ2v) is 3.58. The highest BCUT2D eigenvalue weighted by molar-refractivity contribution is 5.96. The summed E-state index contributed by atoms with van der Waals surface area (Å²) in [5, 5.41) is 5.70. The van der Waals surface area contributed by atoms with Gasteiger partial charge in [0.25, 0.3) is 0 Å². The van der Waals surface area contributed by atoms with Crippen LogP contribution in [0, 0.1) is 0 Å². The Morgan fingerprint density at radius 3 is 3.14 bits per heavy atom. The SMILES string of the molecule is C=C1Cc2cccc3ccnc(c23)N1. The van der Waals surface area contributed by atoms with Gasteiger partial charge in [0.05, 0.1) is 0 Å². The van der Waals surface area contributed by atoms with Gasteiger partial charge in [0.15, 0.2) is 0 Å². The highest BCUT2D eigenvalue weighted by Gasteiger charge is 2.13. The molecule has 1 aliphatic rings. The second kappa shape index (κ2) is 2.58. The molecule has 0 spiro atoms. The van der Waals surface area contributed by atoms with Gasteiger partial charge in [-0.05, 0) is 17.0 Å². The smallest absolute Gasteiger partial charge is 0.138 e. The fraction of sp³-hybridized carbons (Fsp3) is 0.0833. The molecule has 2 heterocycles. The minimum atomic E-state index is 0.899. The van der Waals surface area contributed by atoms with Crippen molar-refractivity contribution in [1.82, 2.24) is 4.98 Å². The number of anilines is 1. The van der Waals surface area contributed by atoms with Crippen LogP contribution in [0.25, 0.3) is 10.8 Å². The average Bonchev–Trinajstić information content (AvgIpc) is 2.18. The van der Waals surface area contributed by atoms with Crippen LogP contribution < -0.4 is 5.32 Å². The molecule has 0 radical (unpaired) electrons. The lowest BCUT2D eigenvalue weighted by molar-refractivity contribution is 1.12. The predicted octanol–water partition coefficient (Wildman–Crippen LogP) is 2.72. The Bertz CT molecular complexity index is 486. The normalized spacial score (nSPS) is 14.1. The number of nitrogens with one attached hydrogen (secondary N) is 1. The summed E-state index contributed by atoms with van der Waals surface area (Å²) < 4.78 is 0. The van der Waals surface area contributed by atoms with Crippen LogP contribution in [0.15, 0.2) is 42.7 Å². The zero-order valence-electron chi connectivity index (χ0n) is 7.75. The summed E-state index contributed by atoms with van der Waals surface area (Å²) >= 11 is 0. The Morgan fingerprint density at radius 1 is 1.29 bits per heavy atom. The van der Waals surface area contributed by atoms with Crippen molar-refractivity contribution in [3.05, 3.63) is 48.3 Å². The van der Waals surface area contributed by atoms with E-state index in [1.54, 1.807) is 0 Å². The van der Waals surface area contributed by atoms with Gasteiger partial charge < -0.3 is 5.32 Å². The van der Waals surface area contributed by atoms with E-state index in [0.717, 1.165) is 17.9 Å². The largest absolute Gasteiger partial charge is 0.344 e. The molecule has 14 heavy (non-hydrogen) atoms. The Kier molecular flexibility index (Phi) is 1.39. The summed E-state index contributed by atoms with van der Waals surface area (Å²) in [4.78, 5) is 4.32. The first kappa shape index (κ1) is 7.56. The van der Waals surface area contributed by atoms with Crippen LogP contribution in [0.1, 0.15) is 5.56 Å². The molecular weight excluding hydrogens is 172 g/mol. The molecule has 0 bridgehead atoms. The molecule has 3 rings (SSSR count). The van der Waals surface area contributed by atoms with E-state index in [-0.39, 0.29) is 0 Å². The average molecular weight is 182 g/mol. The molecule has 0 saturated carbocycles. The Morgan fingerprint density at radius 2 is 2.21 bits per heavy atom. The van der Waals surface area contributed by atoms with E-state index in [2.05, 4.69) is 35.1 Å². The van der Waals surface area contributed by atoms with Gasteiger partial charge in [-0.3, -0.25) is 0 Å². The Labute approximate surface area is 82.3 Å². The third-order valence-electron chi connectivity index (χ3n) is 2.58. The van der Waals surface area contributed by atoms with Gasteiger partial charge in [0.1, 0.15) is 5.82 Å². The van der Waals surface area contributed by atoms with E-state index < -0.39 is 0 Å². The van der Waals surface area contributed by atoms with Crippen LogP contribution in [0.4, 0.5) is 5.82 Å². The number of aromatic nitrogens is 1. The molecule has 1 N–H and O–H groups in total. The first-order valence-electron chi connectivity index (χ1n) is 4.66. The van der Waals surface area contributed by atoms with E-state index >= 15 is 0 Å². The van der Waals surface area contributed by atoms with Crippen molar-refractivity contribution in [2.24, 2.45) is 0 Å². The summed E-state index contributed by atoms with van der Waals surface area (Å²) in [7, 11) is 0. The number of rotatable bonds is 0. The van der Waals surface area contributed by atoms with Gasteiger partial charge in [-0.2, -0.15) is 0 Å². The monoisotopic (exact) mass is 182 g/mol. The number of hydrogen-bond donors (Lipinski definition) is 1. The van der Waals surface area contributed by atoms with Gasteiger partial charge in [-0.1, -0.05) is 24.8 Å². The van der Waals surface area contributed by atoms with Crippen molar-refractivity contribution in [2.45, 2.75) is 6.42 Å². The summed E-state index contributed by atoms with van der Waals surface area (Å²) in [6.07, 6.45) is 2.73. The first-order valence-corrected chi connectivity index (χ1v) is 4.66. The van der Waals surface area contributed by atoms with E-state index in [4.69, 9.17) is 0 Å². The van der Waals surface area contributed by atoms with Crippen molar-refractivity contribution in [1.29, 1.82) is 0 Å². The van der Waals surface area contributed by atoms with Crippen LogP contribution in [0.3, 0.4) is 0 Å². The molecule has 0 atom stereocenters. The highest BCUT2D eigenvalue weighted by Crippen LogP contribution is 2.30.